The fraction of sp³-hybridized carbons (Fsp3) is 0.412. The molecule has 0 bridgehead atoms. The highest BCUT2D eigenvalue weighted by Crippen LogP contribution is 2.26. The molecule has 0 fully saturated rings. The summed E-state index contributed by atoms with van der Waals surface area (Å²) in [7, 11) is -1.08. The largest absolute Gasteiger partial charge is 0.379 e. The third-order valence-corrected chi connectivity index (χ3v) is 5.81. The first-order valence-corrected chi connectivity index (χ1v) is 12.1. The van der Waals surface area contributed by atoms with Crippen LogP contribution in [0.15, 0.2) is 29.3 Å². The number of rotatable bonds is 6. The molecule has 0 spiro atoms. The first kappa shape index (κ1) is 17.3. The van der Waals surface area contributed by atoms with E-state index in [-0.39, 0.29) is 6.04 Å². The fourth-order valence-corrected chi connectivity index (χ4v) is 3.50. The molecule has 2 aromatic rings. The van der Waals surface area contributed by atoms with E-state index < -0.39 is 13.9 Å². The molecule has 1 N–H and O–H groups in total. The number of H-pyrrole nitrogens is 1. The number of fused-ring (bicyclic) bond motifs is 1. The van der Waals surface area contributed by atoms with E-state index in [2.05, 4.69) is 34.8 Å². The van der Waals surface area contributed by atoms with Gasteiger partial charge in [0.2, 0.25) is 0 Å². The van der Waals surface area contributed by atoms with Gasteiger partial charge in [-0.25, -0.2) is 4.39 Å². The molecule has 1 aliphatic rings. The van der Waals surface area contributed by atoms with Crippen LogP contribution < -0.4 is 0 Å². The third-order valence-electron chi connectivity index (χ3n) is 3.89. The van der Waals surface area contributed by atoms with E-state index in [0.29, 0.717) is 33.9 Å². The lowest BCUT2D eigenvalue weighted by Crippen LogP contribution is -2.22. The number of aromatic nitrogens is 2. The Morgan fingerprint density at radius 3 is 2.88 bits per heavy atom. The van der Waals surface area contributed by atoms with Gasteiger partial charge >= 0.3 is 0 Å². The number of nitrogens with zero attached hydrogens (tertiary/aromatic N) is 2. The summed E-state index contributed by atoms with van der Waals surface area (Å²) < 4.78 is 20.0. The number of allylic oxidation sites excluding steroid dienone is 1. The van der Waals surface area contributed by atoms with Crippen molar-refractivity contribution >= 4 is 36.3 Å². The van der Waals surface area contributed by atoms with Crippen molar-refractivity contribution in [3.8, 4) is 0 Å². The molecular formula is C17H21ClFN3OSi. The molecule has 1 aliphatic heterocycles. The second kappa shape index (κ2) is 6.78. The zero-order valence-electron chi connectivity index (χ0n) is 14.1. The molecule has 2 heterocycles. The van der Waals surface area contributed by atoms with Crippen molar-refractivity contribution in [3.63, 3.8) is 0 Å². The van der Waals surface area contributed by atoms with E-state index >= 15 is 0 Å². The second-order valence-corrected chi connectivity index (χ2v) is 13.3. The quantitative estimate of drug-likeness (QED) is 0.607. The summed E-state index contributed by atoms with van der Waals surface area (Å²) in [4.78, 5) is 4.59. The Labute approximate surface area is 146 Å². The van der Waals surface area contributed by atoms with Gasteiger partial charge < -0.3 is 4.74 Å². The number of hydrogen-bond donors (Lipinski definition) is 1. The molecule has 128 valence electrons. The first-order chi connectivity index (χ1) is 11.3. The van der Waals surface area contributed by atoms with Gasteiger partial charge in [0.05, 0.1) is 29.3 Å². The van der Waals surface area contributed by atoms with Crippen LogP contribution in [0, 0.1) is 5.82 Å². The SMILES string of the molecule is C[Si](C)(C)CCOCC1C=CC(c2n[nH]c3cc(Cl)cc(F)c23)=N1. The molecule has 1 unspecified atom stereocenters. The van der Waals surface area contributed by atoms with Crippen LogP contribution in [-0.4, -0.2) is 43.2 Å². The van der Waals surface area contributed by atoms with Crippen LogP contribution in [0.4, 0.5) is 4.39 Å². The second-order valence-electron chi connectivity index (χ2n) is 7.21. The molecule has 1 aromatic heterocycles. The van der Waals surface area contributed by atoms with Crippen LogP contribution in [0.5, 0.6) is 0 Å². The van der Waals surface area contributed by atoms with Crippen molar-refractivity contribution in [3.05, 3.63) is 40.8 Å². The van der Waals surface area contributed by atoms with Crippen LogP contribution in [0.25, 0.3) is 10.9 Å². The summed E-state index contributed by atoms with van der Waals surface area (Å²) in [6.07, 6.45) is 3.84. The topological polar surface area (TPSA) is 50.3 Å². The van der Waals surface area contributed by atoms with Crippen molar-refractivity contribution in [1.82, 2.24) is 10.2 Å². The molecule has 0 saturated heterocycles. The number of hydrogen-bond acceptors (Lipinski definition) is 3. The summed E-state index contributed by atoms with van der Waals surface area (Å²) in [6.45, 7) is 8.28. The van der Waals surface area contributed by atoms with Crippen molar-refractivity contribution < 1.29 is 9.13 Å². The van der Waals surface area contributed by atoms with E-state index in [1.54, 1.807) is 6.07 Å². The fourth-order valence-electron chi connectivity index (χ4n) is 2.54. The monoisotopic (exact) mass is 365 g/mol. The van der Waals surface area contributed by atoms with E-state index in [1.807, 2.05) is 12.2 Å². The van der Waals surface area contributed by atoms with Crippen LogP contribution in [-0.2, 0) is 4.74 Å². The molecule has 24 heavy (non-hydrogen) atoms. The highest BCUT2D eigenvalue weighted by atomic mass is 35.5. The minimum absolute atomic E-state index is 0.0382. The zero-order valence-corrected chi connectivity index (χ0v) is 15.8. The molecule has 1 aromatic carbocycles. The molecule has 0 amide bonds. The van der Waals surface area contributed by atoms with Gasteiger partial charge in [0.1, 0.15) is 11.5 Å². The summed E-state index contributed by atoms with van der Waals surface area (Å²) in [5.74, 6) is -0.396. The number of halogens is 2. The Balaban J connectivity index is 1.70. The summed E-state index contributed by atoms with van der Waals surface area (Å²) in [5, 5.41) is 7.78. The molecule has 0 radical (unpaired) electrons. The van der Waals surface area contributed by atoms with Crippen molar-refractivity contribution in [2.24, 2.45) is 4.99 Å². The maximum absolute atomic E-state index is 14.2. The minimum atomic E-state index is -1.08. The maximum atomic E-state index is 14.2. The Morgan fingerprint density at radius 2 is 2.12 bits per heavy atom. The third kappa shape index (κ3) is 3.94. The normalized spacial score (nSPS) is 17.7. The maximum Gasteiger partial charge on any atom is 0.136 e. The molecule has 1 atom stereocenters. The molecule has 0 saturated carbocycles. The van der Waals surface area contributed by atoms with Gasteiger partial charge in [-0.2, -0.15) is 5.10 Å². The highest BCUT2D eigenvalue weighted by molar-refractivity contribution is 6.76. The number of aliphatic imine (C=N–C) groups is 1. The molecule has 0 aliphatic carbocycles. The summed E-state index contributed by atoms with van der Waals surface area (Å²) in [6, 6.07) is 4.05. The Bertz CT molecular complexity index is 810. The van der Waals surface area contributed by atoms with Gasteiger partial charge in [0.25, 0.3) is 0 Å². The van der Waals surface area contributed by atoms with Gasteiger partial charge in [-0.15, -0.1) is 0 Å². The number of nitrogens with one attached hydrogen (secondary N) is 1. The standard InChI is InChI=1S/C17H21ClFN3OSi/c1-24(2,3)7-6-23-10-12-4-5-14(20-12)17-16-13(19)8-11(18)9-15(16)21-22-17/h4-5,8-9,12H,6-7,10H2,1-3H3,(H,21,22). The molecule has 4 nitrogen and oxygen atoms in total. The predicted octanol–water partition coefficient (Wildman–Crippen LogP) is 4.44. The Morgan fingerprint density at radius 1 is 1.33 bits per heavy atom. The number of aromatic amines is 1. The summed E-state index contributed by atoms with van der Waals surface area (Å²) >= 11 is 5.87. The van der Waals surface area contributed by atoms with Gasteiger partial charge in [0, 0.05) is 19.7 Å². The highest BCUT2D eigenvalue weighted by Gasteiger charge is 2.20. The zero-order chi connectivity index (χ0) is 17.3. The summed E-state index contributed by atoms with van der Waals surface area (Å²) in [5.41, 5.74) is 1.75. The van der Waals surface area contributed by atoms with E-state index in [4.69, 9.17) is 16.3 Å². The number of ether oxygens (including phenoxy) is 1. The van der Waals surface area contributed by atoms with Crippen molar-refractivity contribution in [2.45, 2.75) is 31.7 Å². The van der Waals surface area contributed by atoms with E-state index in [9.17, 15) is 4.39 Å². The number of benzene rings is 1. The molecule has 3 rings (SSSR count). The Kier molecular flexibility index (Phi) is 4.89. The lowest BCUT2D eigenvalue weighted by atomic mass is 10.1. The Hall–Kier alpha value is -1.50. The lowest BCUT2D eigenvalue weighted by Gasteiger charge is -2.15. The van der Waals surface area contributed by atoms with Crippen molar-refractivity contribution in [1.29, 1.82) is 0 Å². The lowest BCUT2D eigenvalue weighted by molar-refractivity contribution is 0.143. The van der Waals surface area contributed by atoms with Crippen LogP contribution in [0.3, 0.4) is 0 Å². The smallest absolute Gasteiger partial charge is 0.136 e. The molecule has 7 heteroatoms. The minimum Gasteiger partial charge on any atom is -0.379 e. The molecular weight excluding hydrogens is 345 g/mol. The van der Waals surface area contributed by atoms with Gasteiger partial charge in [-0.3, -0.25) is 10.1 Å². The van der Waals surface area contributed by atoms with Crippen LogP contribution >= 0.6 is 11.6 Å². The first-order valence-electron chi connectivity index (χ1n) is 8.01. The van der Waals surface area contributed by atoms with E-state index in [0.717, 1.165) is 12.7 Å². The van der Waals surface area contributed by atoms with Crippen LogP contribution in [0.1, 0.15) is 5.69 Å². The van der Waals surface area contributed by atoms with Gasteiger partial charge in [-0.05, 0) is 24.3 Å². The average Bonchev–Trinajstić information content (AvgIpc) is 3.08. The van der Waals surface area contributed by atoms with Crippen LogP contribution in [0.2, 0.25) is 30.7 Å². The average molecular weight is 366 g/mol. The predicted molar refractivity (Wildman–Crippen MR) is 99.5 cm³/mol. The van der Waals surface area contributed by atoms with E-state index in [1.165, 1.54) is 6.07 Å². The van der Waals surface area contributed by atoms with Gasteiger partial charge in [-0.1, -0.05) is 37.3 Å². The van der Waals surface area contributed by atoms with Gasteiger partial charge in [0.15, 0.2) is 0 Å². The van der Waals surface area contributed by atoms with Crippen molar-refractivity contribution in [2.75, 3.05) is 13.2 Å².